The van der Waals surface area contributed by atoms with Crippen LogP contribution >= 0.6 is 34.5 Å². The minimum absolute atomic E-state index is 0.326. The molecule has 2 aromatic carbocycles. The van der Waals surface area contributed by atoms with E-state index < -0.39 is 0 Å². The maximum atomic E-state index is 12.3. The summed E-state index contributed by atoms with van der Waals surface area (Å²) in [7, 11) is 0. The summed E-state index contributed by atoms with van der Waals surface area (Å²) in [6, 6.07) is 11.0. The van der Waals surface area contributed by atoms with Crippen molar-refractivity contribution in [3.05, 3.63) is 68.5 Å². The molecular formula is C18H14Cl2N2OS. The Balaban J connectivity index is 1.82. The van der Waals surface area contributed by atoms with Crippen LogP contribution in [0.25, 0.3) is 11.3 Å². The van der Waals surface area contributed by atoms with Crippen LogP contribution in [0.3, 0.4) is 0 Å². The van der Waals surface area contributed by atoms with E-state index in [4.69, 9.17) is 23.2 Å². The molecule has 0 saturated carbocycles. The number of nitrogens with one attached hydrogen (secondary N) is 1. The highest BCUT2D eigenvalue weighted by atomic mass is 35.5. The number of carbonyl (C=O) groups excluding carboxylic acids is 1. The average Bonchev–Trinajstić information content (AvgIpc) is 3.00. The molecule has 3 nitrogen and oxygen atoms in total. The summed E-state index contributed by atoms with van der Waals surface area (Å²) in [5.74, 6) is -0.330. The number of hydrogen-bond acceptors (Lipinski definition) is 3. The number of carbonyl (C=O) groups is 1. The molecule has 0 unspecified atom stereocenters. The van der Waals surface area contributed by atoms with Gasteiger partial charge in [-0.2, -0.15) is 0 Å². The third-order valence-corrected chi connectivity index (χ3v) is 5.02. The summed E-state index contributed by atoms with van der Waals surface area (Å²) < 4.78 is 0. The molecule has 0 saturated heterocycles. The summed E-state index contributed by atoms with van der Waals surface area (Å²) in [4.78, 5) is 16.8. The largest absolute Gasteiger partial charge is 0.298 e. The van der Waals surface area contributed by atoms with Gasteiger partial charge in [0.05, 0.1) is 16.3 Å². The summed E-state index contributed by atoms with van der Waals surface area (Å²) in [6.45, 7) is 4.13. The predicted octanol–water partition coefficient (Wildman–Crippen LogP) is 5.99. The molecule has 3 rings (SSSR count). The minimum Gasteiger partial charge on any atom is -0.298 e. The zero-order valence-corrected chi connectivity index (χ0v) is 15.4. The Morgan fingerprint density at radius 1 is 1.08 bits per heavy atom. The first kappa shape index (κ1) is 17.0. The summed E-state index contributed by atoms with van der Waals surface area (Å²) in [5, 5.41) is 6.01. The Kier molecular flexibility index (Phi) is 4.90. The minimum atomic E-state index is -0.330. The second kappa shape index (κ2) is 6.93. The van der Waals surface area contributed by atoms with Crippen LogP contribution in [0.1, 0.15) is 21.5 Å². The summed E-state index contributed by atoms with van der Waals surface area (Å²) in [6.07, 6.45) is 0. The third-order valence-electron chi connectivity index (χ3n) is 3.70. The van der Waals surface area contributed by atoms with E-state index in [-0.39, 0.29) is 5.91 Å². The van der Waals surface area contributed by atoms with Crippen LogP contribution in [-0.2, 0) is 0 Å². The van der Waals surface area contributed by atoms with Gasteiger partial charge in [-0.3, -0.25) is 10.1 Å². The second-order valence-corrected chi connectivity index (χ2v) is 7.12. The van der Waals surface area contributed by atoms with Gasteiger partial charge in [0.1, 0.15) is 0 Å². The highest BCUT2D eigenvalue weighted by Gasteiger charge is 2.14. The Labute approximate surface area is 154 Å². The molecule has 1 heterocycles. The molecule has 0 fully saturated rings. The first-order valence-corrected chi connectivity index (χ1v) is 8.87. The van der Waals surface area contributed by atoms with Crippen molar-refractivity contribution in [3.63, 3.8) is 0 Å². The smallest absolute Gasteiger partial charge is 0.259 e. The Bertz CT molecular complexity index is 921. The number of nitrogens with zero attached hydrogens (tertiary/aromatic N) is 1. The zero-order chi connectivity index (χ0) is 17.3. The van der Waals surface area contributed by atoms with Gasteiger partial charge >= 0.3 is 0 Å². The number of anilines is 1. The van der Waals surface area contributed by atoms with E-state index in [1.807, 2.05) is 11.4 Å². The van der Waals surface area contributed by atoms with Crippen molar-refractivity contribution in [3.8, 4) is 11.3 Å². The number of thiazole rings is 1. The average molecular weight is 377 g/mol. The Morgan fingerprint density at radius 3 is 2.62 bits per heavy atom. The number of aromatic nitrogens is 1. The SMILES string of the molecule is Cc1ccc(-c2csc(NC(=O)c3cc(Cl)ccc3Cl)n2)cc1C. The number of hydrogen-bond donors (Lipinski definition) is 1. The normalized spacial score (nSPS) is 10.7. The summed E-state index contributed by atoms with van der Waals surface area (Å²) in [5.41, 5.74) is 4.62. The van der Waals surface area contributed by atoms with Crippen molar-refractivity contribution in [2.75, 3.05) is 5.32 Å². The molecule has 1 aromatic heterocycles. The fourth-order valence-electron chi connectivity index (χ4n) is 2.20. The molecule has 0 radical (unpaired) electrons. The highest BCUT2D eigenvalue weighted by Crippen LogP contribution is 2.28. The number of halogens is 2. The molecule has 0 spiro atoms. The van der Waals surface area contributed by atoms with Crippen molar-refractivity contribution in [1.29, 1.82) is 0 Å². The van der Waals surface area contributed by atoms with Crippen molar-refractivity contribution in [2.45, 2.75) is 13.8 Å². The standard InChI is InChI=1S/C18H14Cl2N2OS/c1-10-3-4-12(7-11(10)2)16-9-24-18(21-16)22-17(23)14-8-13(19)5-6-15(14)20/h3-9H,1-2H3,(H,21,22,23). The van der Waals surface area contributed by atoms with Gasteiger partial charge in [0.2, 0.25) is 0 Å². The van der Waals surface area contributed by atoms with E-state index in [9.17, 15) is 4.79 Å². The first-order valence-electron chi connectivity index (χ1n) is 7.23. The van der Waals surface area contributed by atoms with Crippen LogP contribution < -0.4 is 5.32 Å². The zero-order valence-electron chi connectivity index (χ0n) is 13.1. The summed E-state index contributed by atoms with van der Waals surface area (Å²) >= 11 is 13.3. The van der Waals surface area contributed by atoms with Gasteiger partial charge in [-0.15, -0.1) is 11.3 Å². The molecule has 0 aliphatic rings. The van der Waals surface area contributed by atoms with E-state index in [1.54, 1.807) is 12.1 Å². The number of benzene rings is 2. The van der Waals surface area contributed by atoms with Gasteiger partial charge in [-0.1, -0.05) is 35.3 Å². The highest BCUT2D eigenvalue weighted by molar-refractivity contribution is 7.14. The molecular weight excluding hydrogens is 363 g/mol. The van der Waals surface area contributed by atoms with Crippen LogP contribution in [0, 0.1) is 13.8 Å². The topological polar surface area (TPSA) is 42.0 Å². The molecule has 24 heavy (non-hydrogen) atoms. The lowest BCUT2D eigenvalue weighted by atomic mass is 10.1. The van der Waals surface area contributed by atoms with Crippen molar-refractivity contribution >= 4 is 45.6 Å². The van der Waals surface area contributed by atoms with E-state index in [0.29, 0.717) is 20.7 Å². The van der Waals surface area contributed by atoms with Gasteiger partial charge in [-0.25, -0.2) is 4.98 Å². The van der Waals surface area contributed by atoms with Crippen molar-refractivity contribution < 1.29 is 4.79 Å². The van der Waals surface area contributed by atoms with Gasteiger partial charge < -0.3 is 0 Å². The maximum Gasteiger partial charge on any atom is 0.259 e. The number of aryl methyl sites for hydroxylation is 2. The van der Waals surface area contributed by atoms with Crippen LogP contribution in [0.15, 0.2) is 41.8 Å². The second-order valence-electron chi connectivity index (χ2n) is 5.42. The fraction of sp³-hybridized carbons (Fsp3) is 0.111. The monoisotopic (exact) mass is 376 g/mol. The lowest BCUT2D eigenvalue weighted by Crippen LogP contribution is -2.12. The van der Waals surface area contributed by atoms with Crippen molar-refractivity contribution in [2.24, 2.45) is 0 Å². The molecule has 1 N–H and O–H groups in total. The van der Waals surface area contributed by atoms with Crippen LogP contribution in [-0.4, -0.2) is 10.9 Å². The molecule has 0 atom stereocenters. The molecule has 6 heteroatoms. The lowest BCUT2D eigenvalue weighted by Gasteiger charge is -2.05. The quantitative estimate of drug-likeness (QED) is 0.610. The Hall–Kier alpha value is -1.88. The van der Waals surface area contributed by atoms with E-state index in [1.165, 1.54) is 28.5 Å². The first-order chi connectivity index (χ1) is 11.4. The van der Waals surface area contributed by atoms with Gasteiger partial charge in [0.15, 0.2) is 5.13 Å². The van der Waals surface area contributed by atoms with Gasteiger partial charge in [0, 0.05) is 16.0 Å². The molecule has 122 valence electrons. The maximum absolute atomic E-state index is 12.3. The number of rotatable bonds is 3. The molecule has 0 aliphatic carbocycles. The van der Waals surface area contributed by atoms with Crippen molar-refractivity contribution in [1.82, 2.24) is 4.98 Å². The Morgan fingerprint density at radius 2 is 1.88 bits per heavy atom. The predicted molar refractivity (Wildman–Crippen MR) is 101 cm³/mol. The van der Waals surface area contributed by atoms with Crippen LogP contribution in [0.2, 0.25) is 10.0 Å². The molecule has 0 bridgehead atoms. The van der Waals surface area contributed by atoms with E-state index in [2.05, 4.69) is 36.3 Å². The van der Waals surface area contributed by atoms with E-state index >= 15 is 0 Å². The molecule has 1 amide bonds. The van der Waals surface area contributed by atoms with Crippen LogP contribution in [0.5, 0.6) is 0 Å². The van der Waals surface area contributed by atoms with Gasteiger partial charge in [0.25, 0.3) is 5.91 Å². The molecule has 0 aliphatic heterocycles. The van der Waals surface area contributed by atoms with Crippen LogP contribution in [0.4, 0.5) is 5.13 Å². The number of amides is 1. The van der Waals surface area contributed by atoms with Gasteiger partial charge in [-0.05, 0) is 49.2 Å². The van der Waals surface area contributed by atoms with E-state index in [0.717, 1.165) is 11.3 Å². The molecule has 3 aromatic rings. The third kappa shape index (κ3) is 3.61. The fourth-order valence-corrected chi connectivity index (χ4v) is 3.29. The lowest BCUT2D eigenvalue weighted by molar-refractivity contribution is 0.102.